The third kappa shape index (κ3) is 4.83. The Labute approximate surface area is 213 Å². The lowest BCUT2D eigenvalue weighted by molar-refractivity contribution is -0.124. The fourth-order valence-electron chi connectivity index (χ4n) is 4.51. The molecule has 1 aliphatic heterocycles. The second kappa shape index (κ2) is 10.0. The van der Waals surface area contributed by atoms with E-state index in [1.807, 2.05) is 59.5 Å². The number of halogens is 2. The molecule has 0 spiro atoms. The maximum Gasteiger partial charge on any atom is 0.267 e. The van der Waals surface area contributed by atoms with Gasteiger partial charge in [0.15, 0.2) is 5.17 Å². The molecule has 1 saturated heterocycles. The summed E-state index contributed by atoms with van der Waals surface area (Å²) in [4.78, 5) is 21.0. The summed E-state index contributed by atoms with van der Waals surface area (Å²) in [5.41, 5.74) is 1.67. The van der Waals surface area contributed by atoms with E-state index in [0.717, 1.165) is 35.7 Å². The first-order valence-electron chi connectivity index (χ1n) is 11.4. The number of hydrogen-bond donors (Lipinski definition) is 0. The number of thioether (sulfide) groups is 1. The molecule has 174 valence electrons. The maximum atomic E-state index is 13.6. The van der Waals surface area contributed by atoms with E-state index in [4.69, 9.17) is 32.6 Å². The minimum Gasteiger partial charge on any atom is -0.457 e. The van der Waals surface area contributed by atoms with Crippen molar-refractivity contribution >= 4 is 57.8 Å². The molecule has 0 unspecified atom stereocenters. The Balaban J connectivity index is 1.47. The molecule has 34 heavy (non-hydrogen) atoms. The van der Waals surface area contributed by atoms with E-state index in [1.54, 1.807) is 12.1 Å². The molecule has 1 saturated carbocycles. The fraction of sp³-hybridized carbons (Fsp3) is 0.259. The Bertz CT molecular complexity index is 1270. The fourth-order valence-corrected chi connectivity index (χ4v) is 5.84. The molecule has 7 heteroatoms. The highest BCUT2D eigenvalue weighted by Crippen LogP contribution is 2.40. The molecule has 1 aromatic heterocycles. The Kier molecular flexibility index (Phi) is 6.87. The van der Waals surface area contributed by atoms with Gasteiger partial charge in [-0.05, 0) is 73.0 Å². The molecule has 1 aliphatic carbocycles. The smallest absolute Gasteiger partial charge is 0.267 e. The van der Waals surface area contributed by atoms with Gasteiger partial charge in [0.2, 0.25) is 0 Å². The summed E-state index contributed by atoms with van der Waals surface area (Å²) < 4.78 is 6.03. The summed E-state index contributed by atoms with van der Waals surface area (Å²) in [6, 6.07) is 19.0. The third-order valence-electron chi connectivity index (χ3n) is 6.32. The second-order valence-electron chi connectivity index (χ2n) is 8.68. The van der Waals surface area contributed by atoms with Crippen LogP contribution in [0.3, 0.4) is 0 Å². The highest BCUT2D eigenvalue weighted by Gasteiger charge is 2.41. The molecular weight excluding hydrogens is 487 g/mol. The average molecular weight is 511 g/mol. The van der Waals surface area contributed by atoms with E-state index in [9.17, 15) is 4.79 Å². The number of nitrogens with zero attached hydrogens (tertiary/aromatic N) is 2. The molecule has 1 amide bonds. The third-order valence-corrected chi connectivity index (χ3v) is 8.04. The number of rotatable bonds is 4. The van der Waals surface area contributed by atoms with Crippen molar-refractivity contribution in [1.29, 1.82) is 0 Å². The van der Waals surface area contributed by atoms with Crippen LogP contribution in [0.15, 0.2) is 75.0 Å². The highest BCUT2D eigenvalue weighted by atomic mass is 35.5. The van der Waals surface area contributed by atoms with Crippen molar-refractivity contribution < 1.29 is 9.21 Å². The first-order valence-corrected chi connectivity index (χ1v) is 13.0. The summed E-state index contributed by atoms with van der Waals surface area (Å²) in [6.45, 7) is 2.24. The van der Waals surface area contributed by atoms with Crippen LogP contribution in [0.25, 0.3) is 17.4 Å². The van der Waals surface area contributed by atoms with Crippen molar-refractivity contribution in [3.05, 3.63) is 81.4 Å². The Hall–Kier alpha value is -2.47. The van der Waals surface area contributed by atoms with Gasteiger partial charge in [0.1, 0.15) is 11.5 Å². The van der Waals surface area contributed by atoms with E-state index in [-0.39, 0.29) is 11.9 Å². The molecule has 2 heterocycles. The lowest BCUT2D eigenvalue weighted by atomic mass is 9.85. The van der Waals surface area contributed by atoms with Crippen molar-refractivity contribution in [1.82, 2.24) is 4.90 Å². The largest absolute Gasteiger partial charge is 0.457 e. The molecular formula is C27H24Cl2N2O2S. The standard InChI is InChI=1S/C27H24Cl2N2O2S/c1-17-7-5-6-10-23(17)31-26(32)25(34-27(31)30-19-8-3-2-4-9-19)16-20-12-14-24(33-20)18-11-13-21(28)22(29)15-18/h2-4,8-9,11-17,23H,5-7,10H2,1H3/b25-16-,30-27?/t17-,23+/m0/s1. The highest BCUT2D eigenvalue weighted by molar-refractivity contribution is 8.18. The zero-order valence-electron chi connectivity index (χ0n) is 18.7. The van der Waals surface area contributed by atoms with E-state index in [2.05, 4.69) is 6.92 Å². The van der Waals surface area contributed by atoms with Crippen molar-refractivity contribution in [2.75, 3.05) is 0 Å². The zero-order valence-corrected chi connectivity index (χ0v) is 21.0. The van der Waals surface area contributed by atoms with Crippen LogP contribution < -0.4 is 0 Å². The van der Waals surface area contributed by atoms with Crippen LogP contribution in [0, 0.1) is 5.92 Å². The molecule has 4 nitrogen and oxygen atoms in total. The van der Waals surface area contributed by atoms with Crippen LogP contribution in [0.5, 0.6) is 0 Å². The SMILES string of the molecule is C[C@H]1CCCC[C@H]1N1C(=O)/C(=C/c2ccc(-c3ccc(Cl)c(Cl)c3)o2)SC1=Nc1ccccc1. The lowest BCUT2D eigenvalue weighted by Gasteiger charge is -2.35. The molecule has 2 aromatic carbocycles. The van der Waals surface area contributed by atoms with Crippen molar-refractivity contribution in [3.63, 3.8) is 0 Å². The molecule has 2 atom stereocenters. The molecule has 0 radical (unpaired) electrons. The summed E-state index contributed by atoms with van der Waals surface area (Å²) in [7, 11) is 0. The predicted molar refractivity (Wildman–Crippen MR) is 142 cm³/mol. The number of amidine groups is 1. The number of benzene rings is 2. The molecule has 5 rings (SSSR count). The second-order valence-corrected chi connectivity index (χ2v) is 10.5. The summed E-state index contributed by atoms with van der Waals surface area (Å²) in [5, 5.41) is 1.70. The van der Waals surface area contributed by atoms with Crippen LogP contribution in [0.4, 0.5) is 5.69 Å². The first kappa shape index (κ1) is 23.3. The number of aliphatic imine (C=N–C) groups is 1. The quantitative estimate of drug-likeness (QED) is 0.330. The summed E-state index contributed by atoms with van der Waals surface area (Å²) in [6.07, 6.45) is 6.28. The van der Waals surface area contributed by atoms with Gasteiger partial charge in [-0.1, -0.05) is 61.2 Å². The zero-order chi connectivity index (χ0) is 23.7. The van der Waals surface area contributed by atoms with E-state index < -0.39 is 0 Å². The van der Waals surface area contributed by atoms with E-state index >= 15 is 0 Å². The van der Waals surface area contributed by atoms with Crippen LogP contribution >= 0.6 is 35.0 Å². The number of carbonyl (C=O) groups excluding carboxylic acids is 1. The summed E-state index contributed by atoms with van der Waals surface area (Å²) in [5.74, 6) is 1.70. The van der Waals surface area contributed by atoms with Crippen molar-refractivity contribution in [2.24, 2.45) is 10.9 Å². The number of para-hydroxylation sites is 1. The van der Waals surface area contributed by atoms with Crippen LogP contribution in [0.2, 0.25) is 10.0 Å². The van der Waals surface area contributed by atoms with Crippen LogP contribution in [0.1, 0.15) is 38.4 Å². The first-order chi connectivity index (χ1) is 16.5. The molecule has 0 bridgehead atoms. The van der Waals surface area contributed by atoms with Gasteiger partial charge in [0.05, 0.1) is 20.6 Å². The Morgan fingerprint density at radius 3 is 2.59 bits per heavy atom. The Morgan fingerprint density at radius 1 is 1.03 bits per heavy atom. The van der Waals surface area contributed by atoms with Gasteiger partial charge in [-0.3, -0.25) is 9.69 Å². The van der Waals surface area contributed by atoms with Gasteiger partial charge in [0, 0.05) is 17.7 Å². The topological polar surface area (TPSA) is 45.8 Å². The number of hydrogen-bond acceptors (Lipinski definition) is 4. The number of carbonyl (C=O) groups is 1. The number of amides is 1. The van der Waals surface area contributed by atoms with Gasteiger partial charge in [0.25, 0.3) is 5.91 Å². The average Bonchev–Trinajstić information content (AvgIpc) is 3.42. The molecule has 3 aromatic rings. The minimum atomic E-state index is -0.00841. The molecule has 2 aliphatic rings. The van der Waals surface area contributed by atoms with Crippen LogP contribution in [-0.2, 0) is 4.79 Å². The van der Waals surface area contributed by atoms with Crippen molar-refractivity contribution in [3.8, 4) is 11.3 Å². The Morgan fingerprint density at radius 2 is 1.82 bits per heavy atom. The molecule has 2 fully saturated rings. The maximum absolute atomic E-state index is 13.6. The summed E-state index contributed by atoms with van der Waals surface area (Å²) >= 11 is 13.6. The lowest BCUT2D eigenvalue weighted by Crippen LogP contribution is -2.44. The van der Waals surface area contributed by atoms with Gasteiger partial charge >= 0.3 is 0 Å². The van der Waals surface area contributed by atoms with Crippen LogP contribution in [-0.4, -0.2) is 22.0 Å². The van der Waals surface area contributed by atoms with E-state index in [1.165, 1.54) is 18.2 Å². The van der Waals surface area contributed by atoms with Gasteiger partial charge < -0.3 is 4.42 Å². The number of furan rings is 1. The van der Waals surface area contributed by atoms with Gasteiger partial charge in [-0.2, -0.15) is 0 Å². The van der Waals surface area contributed by atoms with E-state index in [0.29, 0.717) is 32.4 Å². The molecule has 0 N–H and O–H groups in total. The van der Waals surface area contributed by atoms with Gasteiger partial charge in [-0.15, -0.1) is 0 Å². The van der Waals surface area contributed by atoms with Crippen molar-refractivity contribution in [2.45, 2.75) is 38.6 Å². The monoisotopic (exact) mass is 510 g/mol. The normalized spacial score (nSPS) is 23.3. The predicted octanol–water partition coefficient (Wildman–Crippen LogP) is 8.44. The minimum absolute atomic E-state index is 0.00841. The van der Waals surface area contributed by atoms with Gasteiger partial charge in [-0.25, -0.2) is 4.99 Å².